The summed E-state index contributed by atoms with van der Waals surface area (Å²) in [7, 11) is 0. The number of hydrogen-bond acceptors (Lipinski definition) is 2. The Morgan fingerprint density at radius 1 is 0.906 bits per heavy atom. The smallest absolute Gasteiger partial charge is 0.323 e. The fraction of sp³-hybridized carbons (Fsp3) is 0.0769. The average molecular weight is 486 g/mol. The van der Waals surface area contributed by atoms with Crippen molar-refractivity contribution in [2.24, 2.45) is 0 Å². The number of anilines is 2. The van der Waals surface area contributed by atoms with E-state index in [1.54, 1.807) is 4.90 Å². The molecule has 6 heteroatoms. The molecule has 0 fully saturated rings. The minimum absolute atomic E-state index is 0.0642. The average Bonchev–Trinajstić information content (AvgIpc) is 2.95. The molecule has 4 aromatic rings. The molecule has 3 amide bonds. The number of amides is 3. The first-order chi connectivity index (χ1) is 15.6. The van der Waals surface area contributed by atoms with Gasteiger partial charge in [0.15, 0.2) is 0 Å². The summed E-state index contributed by atoms with van der Waals surface area (Å²) in [5.41, 5.74) is 3.16. The fourth-order valence-corrected chi connectivity index (χ4v) is 4.50. The number of halogens is 1. The lowest BCUT2D eigenvalue weighted by Crippen LogP contribution is -2.41. The zero-order valence-electron chi connectivity index (χ0n) is 17.1. The Bertz CT molecular complexity index is 1320. The highest BCUT2D eigenvalue weighted by molar-refractivity contribution is 9.10. The molecule has 32 heavy (non-hydrogen) atoms. The molecule has 4 aromatic carbocycles. The van der Waals surface area contributed by atoms with Crippen LogP contribution in [0.1, 0.15) is 17.2 Å². The van der Waals surface area contributed by atoms with Gasteiger partial charge in [0.05, 0.1) is 6.04 Å². The van der Waals surface area contributed by atoms with Gasteiger partial charge in [0.2, 0.25) is 5.91 Å². The second-order valence-electron chi connectivity index (χ2n) is 7.71. The van der Waals surface area contributed by atoms with Gasteiger partial charge in [-0.05, 0) is 46.7 Å². The van der Waals surface area contributed by atoms with Crippen LogP contribution in [0.5, 0.6) is 0 Å². The Hall–Kier alpha value is -3.64. The van der Waals surface area contributed by atoms with Crippen LogP contribution in [0.3, 0.4) is 0 Å². The van der Waals surface area contributed by atoms with E-state index in [1.165, 1.54) is 0 Å². The van der Waals surface area contributed by atoms with E-state index >= 15 is 0 Å². The van der Waals surface area contributed by atoms with Crippen molar-refractivity contribution < 1.29 is 9.59 Å². The van der Waals surface area contributed by atoms with Crippen molar-refractivity contribution >= 4 is 50.0 Å². The van der Waals surface area contributed by atoms with Gasteiger partial charge in [0.25, 0.3) is 0 Å². The van der Waals surface area contributed by atoms with E-state index in [-0.39, 0.29) is 18.5 Å². The number of carbonyl (C=O) groups is 2. The van der Waals surface area contributed by atoms with Crippen LogP contribution < -0.4 is 10.6 Å². The van der Waals surface area contributed by atoms with Gasteiger partial charge in [-0.3, -0.25) is 4.79 Å². The quantitative estimate of drug-likeness (QED) is 0.356. The van der Waals surface area contributed by atoms with Crippen LogP contribution in [0.2, 0.25) is 0 Å². The number of nitrogens with one attached hydrogen (secondary N) is 2. The van der Waals surface area contributed by atoms with Crippen molar-refractivity contribution in [3.05, 3.63) is 107 Å². The van der Waals surface area contributed by atoms with Gasteiger partial charge < -0.3 is 15.5 Å². The molecule has 0 saturated carbocycles. The van der Waals surface area contributed by atoms with Crippen LogP contribution in [-0.2, 0) is 4.79 Å². The SMILES string of the molecule is O=C1CN(C(=O)Nc2ccc3ccccc3c2)C(c2ccccc2)c2cc(Br)ccc2N1. The Kier molecular flexibility index (Phi) is 5.37. The third-order valence-electron chi connectivity index (χ3n) is 5.58. The molecule has 5 nitrogen and oxygen atoms in total. The minimum atomic E-state index is -0.428. The van der Waals surface area contributed by atoms with Gasteiger partial charge in [0, 0.05) is 21.4 Å². The number of benzene rings is 4. The number of nitrogens with zero attached hydrogens (tertiary/aromatic N) is 1. The molecule has 1 atom stereocenters. The monoisotopic (exact) mass is 485 g/mol. The number of fused-ring (bicyclic) bond motifs is 2. The summed E-state index contributed by atoms with van der Waals surface area (Å²) in [4.78, 5) is 27.8. The van der Waals surface area contributed by atoms with Crippen LogP contribution in [-0.4, -0.2) is 23.4 Å². The zero-order chi connectivity index (χ0) is 22.1. The Balaban J connectivity index is 1.56. The molecule has 1 unspecified atom stereocenters. The van der Waals surface area contributed by atoms with Gasteiger partial charge in [-0.15, -0.1) is 0 Å². The molecule has 0 radical (unpaired) electrons. The van der Waals surface area contributed by atoms with Crippen molar-refractivity contribution in [1.82, 2.24) is 4.90 Å². The number of rotatable bonds is 2. The first-order valence-electron chi connectivity index (χ1n) is 10.3. The van der Waals surface area contributed by atoms with Crippen molar-refractivity contribution in [3.63, 3.8) is 0 Å². The maximum absolute atomic E-state index is 13.5. The predicted molar refractivity (Wildman–Crippen MR) is 131 cm³/mol. The molecule has 158 valence electrons. The summed E-state index contributed by atoms with van der Waals surface area (Å²) in [6, 6.07) is 28.5. The molecule has 0 aliphatic carbocycles. The number of hydrogen-bond donors (Lipinski definition) is 2. The Morgan fingerprint density at radius 3 is 2.47 bits per heavy atom. The van der Waals surface area contributed by atoms with E-state index in [9.17, 15) is 9.59 Å². The highest BCUT2D eigenvalue weighted by Crippen LogP contribution is 2.37. The lowest BCUT2D eigenvalue weighted by Gasteiger charge is -2.30. The van der Waals surface area contributed by atoms with Crippen molar-refractivity contribution in [2.45, 2.75) is 6.04 Å². The van der Waals surface area contributed by atoms with E-state index in [1.807, 2.05) is 91.0 Å². The van der Waals surface area contributed by atoms with E-state index in [0.29, 0.717) is 11.4 Å². The molecule has 2 N–H and O–H groups in total. The molecular formula is C26H20BrN3O2. The highest BCUT2D eigenvalue weighted by Gasteiger charge is 2.33. The van der Waals surface area contributed by atoms with Crippen molar-refractivity contribution in [2.75, 3.05) is 17.2 Å². The summed E-state index contributed by atoms with van der Waals surface area (Å²) in [6.07, 6.45) is 0. The zero-order valence-corrected chi connectivity index (χ0v) is 18.7. The first kappa shape index (κ1) is 20.3. The van der Waals surface area contributed by atoms with Crippen LogP contribution >= 0.6 is 15.9 Å². The Morgan fingerprint density at radius 2 is 1.66 bits per heavy atom. The standard InChI is InChI=1S/C26H20BrN3O2/c27-20-11-13-23-22(15-20)25(18-7-2-1-3-8-18)30(16-24(31)29-23)26(32)28-21-12-10-17-6-4-5-9-19(17)14-21/h1-15,25H,16H2,(H,28,32)(H,29,31). The molecule has 1 aliphatic heterocycles. The van der Waals surface area contributed by atoms with Crippen molar-refractivity contribution in [3.8, 4) is 0 Å². The molecule has 0 bridgehead atoms. The maximum atomic E-state index is 13.5. The van der Waals surface area contributed by atoms with Gasteiger partial charge in [-0.25, -0.2) is 4.79 Å². The van der Waals surface area contributed by atoms with Crippen LogP contribution in [0.4, 0.5) is 16.2 Å². The second kappa shape index (κ2) is 8.48. The van der Waals surface area contributed by atoms with E-state index < -0.39 is 6.04 Å². The normalized spacial score (nSPS) is 15.6. The summed E-state index contributed by atoms with van der Waals surface area (Å²) < 4.78 is 0.878. The first-order valence-corrected chi connectivity index (χ1v) is 11.1. The lowest BCUT2D eigenvalue weighted by atomic mass is 9.96. The van der Waals surface area contributed by atoms with Gasteiger partial charge in [-0.1, -0.05) is 76.6 Å². The summed E-state index contributed by atoms with van der Waals surface area (Å²) in [5.74, 6) is -0.235. The van der Waals surface area contributed by atoms with Gasteiger partial charge in [-0.2, -0.15) is 0 Å². The molecule has 0 aromatic heterocycles. The van der Waals surface area contributed by atoms with Gasteiger partial charge >= 0.3 is 6.03 Å². The lowest BCUT2D eigenvalue weighted by molar-refractivity contribution is -0.116. The topological polar surface area (TPSA) is 61.4 Å². The summed E-state index contributed by atoms with van der Waals surface area (Å²) in [6.45, 7) is -0.0642. The Labute approximate surface area is 194 Å². The van der Waals surface area contributed by atoms with E-state index in [0.717, 1.165) is 26.4 Å². The number of urea groups is 1. The summed E-state index contributed by atoms with van der Waals surface area (Å²) >= 11 is 3.53. The summed E-state index contributed by atoms with van der Waals surface area (Å²) in [5, 5.41) is 8.07. The van der Waals surface area contributed by atoms with Crippen LogP contribution in [0.25, 0.3) is 10.8 Å². The van der Waals surface area contributed by atoms with Crippen LogP contribution in [0.15, 0.2) is 95.5 Å². The highest BCUT2D eigenvalue weighted by atomic mass is 79.9. The third kappa shape index (κ3) is 3.97. The molecular weight excluding hydrogens is 466 g/mol. The molecule has 1 heterocycles. The molecule has 5 rings (SSSR count). The molecule has 0 spiro atoms. The molecule has 1 aliphatic rings. The predicted octanol–water partition coefficient (Wildman–Crippen LogP) is 6.18. The minimum Gasteiger partial charge on any atom is -0.324 e. The van der Waals surface area contributed by atoms with Crippen molar-refractivity contribution in [1.29, 1.82) is 0 Å². The second-order valence-corrected chi connectivity index (χ2v) is 8.63. The maximum Gasteiger partial charge on any atom is 0.323 e. The van der Waals surface area contributed by atoms with Gasteiger partial charge in [0.1, 0.15) is 6.54 Å². The van der Waals surface area contributed by atoms with Crippen LogP contribution in [0, 0.1) is 0 Å². The third-order valence-corrected chi connectivity index (χ3v) is 6.08. The molecule has 0 saturated heterocycles. The largest absolute Gasteiger partial charge is 0.324 e. The fourth-order valence-electron chi connectivity index (χ4n) is 4.12. The van der Waals surface area contributed by atoms with E-state index in [2.05, 4.69) is 26.6 Å². The van der Waals surface area contributed by atoms with E-state index in [4.69, 9.17) is 0 Å². The number of carbonyl (C=O) groups excluding carboxylic acids is 2.